The lowest BCUT2D eigenvalue weighted by Crippen LogP contribution is -2.34. The molecule has 23 heavy (non-hydrogen) atoms. The van der Waals surface area contributed by atoms with E-state index in [1.807, 2.05) is 27.7 Å². The summed E-state index contributed by atoms with van der Waals surface area (Å²) in [5, 5.41) is 8.72. The van der Waals surface area contributed by atoms with Crippen LogP contribution in [0.5, 0.6) is 0 Å². The first-order valence-electron chi connectivity index (χ1n) is 8.29. The van der Waals surface area contributed by atoms with E-state index in [0.717, 1.165) is 37.4 Å². The molecule has 120 valence electrons. The second-order valence-electron chi connectivity index (χ2n) is 6.05. The Bertz CT molecular complexity index is 777. The number of rotatable bonds is 5. The average molecular weight is 311 g/mol. The number of fused-ring (bicyclic) bond motifs is 1. The van der Waals surface area contributed by atoms with Crippen LogP contribution >= 0.6 is 0 Å². The van der Waals surface area contributed by atoms with Gasteiger partial charge in [0.1, 0.15) is 12.1 Å². The normalized spacial score (nSPS) is 18.1. The van der Waals surface area contributed by atoms with Crippen LogP contribution in [0.15, 0.2) is 30.9 Å². The maximum absolute atomic E-state index is 4.60. The Hall–Kier alpha value is -2.44. The highest BCUT2D eigenvalue weighted by molar-refractivity contribution is 5.49. The van der Waals surface area contributed by atoms with Crippen LogP contribution in [0.4, 0.5) is 5.82 Å². The third-order valence-electron chi connectivity index (χ3n) is 4.42. The highest BCUT2D eigenvalue weighted by Gasteiger charge is 2.27. The van der Waals surface area contributed by atoms with Crippen LogP contribution < -0.4 is 4.90 Å². The molecule has 1 saturated heterocycles. The minimum atomic E-state index is 0.430. The Morgan fingerprint density at radius 3 is 3.09 bits per heavy atom. The molecule has 0 N–H and O–H groups in total. The van der Waals surface area contributed by atoms with E-state index in [1.54, 1.807) is 6.33 Å². The molecule has 0 aliphatic carbocycles. The molecular formula is C16H21N7. The molecule has 7 heteroatoms. The quantitative estimate of drug-likeness (QED) is 0.720. The number of hydrogen-bond acceptors (Lipinski definition) is 5. The predicted octanol–water partition coefficient (Wildman–Crippen LogP) is 1.94. The van der Waals surface area contributed by atoms with Gasteiger partial charge in [0.15, 0.2) is 0 Å². The SMILES string of the molecule is CCCc1cc(N2CCC[C@@H]2Cn2cccn2)n2ncnc2n1. The molecule has 1 atom stereocenters. The molecule has 0 saturated carbocycles. The van der Waals surface area contributed by atoms with Crippen molar-refractivity contribution in [2.75, 3.05) is 11.4 Å². The molecule has 0 amide bonds. The fraction of sp³-hybridized carbons (Fsp3) is 0.500. The smallest absolute Gasteiger partial charge is 0.254 e. The van der Waals surface area contributed by atoms with Gasteiger partial charge in [0, 0.05) is 30.7 Å². The van der Waals surface area contributed by atoms with E-state index >= 15 is 0 Å². The summed E-state index contributed by atoms with van der Waals surface area (Å²) in [5.74, 6) is 1.79. The molecule has 3 aromatic heterocycles. The highest BCUT2D eigenvalue weighted by Crippen LogP contribution is 2.27. The Morgan fingerprint density at radius 2 is 2.26 bits per heavy atom. The first-order chi connectivity index (χ1) is 11.3. The summed E-state index contributed by atoms with van der Waals surface area (Å²) in [6.07, 6.45) is 9.84. The van der Waals surface area contributed by atoms with Crippen molar-refractivity contribution >= 4 is 11.6 Å². The minimum Gasteiger partial charge on any atom is -0.352 e. The lowest BCUT2D eigenvalue weighted by molar-refractivity contribution is 0.505. The van der Waals surface area contributed by atoms with Gasteiger partial charge in [-0.3, -0.25) is 4.68 Å². The van der Waals surface area contributed by atoms with Crippen LogP contribution in [0.3, 0.4) is 0 Å². The van der Waals surface area contributed by atoms with Gasteiger partial charge >= 0.3 is 0 Å². The zero-order valence-corrected chi connectivity index (χ0v) is 13.3. The van der Waals surface area contributed by atoms with Crippen LogP contribution in [0.1, 0.15) is 31.9 Å². The van der Waals surface area contributed by atoms with Crippen LogP contribution in [0, 0.1) is 0 Å². The van der Waals surface area contributed by atoms with Gasteiger partial charge in [-0.15, -0.1) is 0 Å². The third kappa shape index (κ3) is 2.67. The predicted molar refractivity (Wildman–Crippen MR) is 87.4 cm³/mol. The molecule has 1 fully saturated rings. The summed E-state index contributed by atoms with van der Waals surface area (Å²) in [5.41, 5.74) is 1.09. The van der Waals surface area contributed by atoms with E-state index < -0.39 is 0 Å². The van der Waals surface area contributed by atoms with Crippen LogP contribution in [0.2, 0.25) is 0 Å². The minimum absolute atomic E-state index is 0.430. The van der Waals surface area contributed by atoms with Crippen molar-refractivity contribution in [3.05, 3.63) is 36.5 Å². The van der Waals surface area contributed by atoms with Crippen molar-refractivity contribution in [3.8, 4) is 0 Å². The van der Waals surface area contributed by atoms with Crippen molar-refractivity contribution in [1.29, 1.82) is 0 Å². The van der Waals surface area contributed by atoms with E-state index in [2.05, 4.69) is 38.1 Å². The molecule has 0 spiro atoms. The molecule has 0 radical (unpaired) electrons. The number of aryl methyl sites for hydroxylation is 1. The summed E-state index contributed by atoms with van der Waals surface area (Å²) in [7, 11) is 0. The van der Waals surface area contributed by atoms with Gasteiger partial charge in [-0.2, -0.15) is 19.7 Å². The molecular weight excluding hydrogens is 290 g/mol. The van der Waals surface area contributed by atoms with E-state index in [9.17, 15) is 0 Å². The fourth-order valence-electron chi connectivity index (χ4n) is 3.38. The summed E-state index contributed by atoms with van der Waals surface area (Å²) in [6.45, 7) is 4.11. The Morgan fingerprint density at radius 1 is 1.30 bits per heavy atom. The summed E-state index contributed by atoms with van der Waals surface area (Å²) in [6, 6.07) is 4.58. The number of nitrogens with zero attached hydrogens (tertiary/aromatic N) is 7. The molecule has 3 aromatic rings. The first-order valence-corrected chi connectivity index (χ1v) is 8.29. The number of aromatic nitrogens is 6. The van der Waals surface area contributed by atoms with E-state index in [-0.39, 0.29) is 0 Å². The summed E-state index contributed by atoms with van der Waals surface area (Å²) < 4.78 is 3.87. The Kier molecular flexibility index (Phi) is 3.69. The molecule has 0 unspecified atom stereocenters. The maximum Gasteiger partial charge on any atom is 0.254 e. The highest BCUT2D eigenvalue weighted by atomic mass is 15.4. The first kappa shape index (κ1) is 14.2. The van der Waals surface area contributed by atoms with Crippen molar-refractivity contribution in [1.82, 2.24) is 29.4 Å². The van der Waals surface area contributed by atoms with Crippen molar-refractivity contribution in [3.63, 3.8) is 0 Å². The zero-order chi connectivity index (χ0) is 15.6. The molecule has 4 heterocycles. The van der Waals surface area contributed by atoms with Crippen LogP contribution in [-0.2, 0) is 13.0 Å². The van der Waals surface area contributed by atoms with Crippen molar-refractivity contribution < 1.29 is 0 Å². The van der Waals surface area contributed by atoms with Crippen molar-refractivity contribution in [2.24, 2.45) is 0 Å². The molecule has 0 bridgehead atoms. The van der Waals surface area contributed by atoms with E-state index in [0.29, 0.717) is 11.8 Å². The standard InChI is InChI=1S/C16H21N7/c1-2-5-13-10-15(23-16(20-13)17-12-19-23)22-9-3-6-14(22)11-21-8-4-7-18-21/h4,7-8,10,12,14H,2-3,5-6,9,11H2,1H3/t14-/m1/s1. The van der Waals surface area contributed by atoms with Gasteiger partial charge < -0.3 is 4.90 Å². The van der Waals surface area contributed by atoms with Crippen molar-refractivity contribution in [2.45, 2.75) is 45.2 Å². The summed E-state index contributed by atoms with van der Waals surface area (Å²) in [4.78, 5) is 11.3. The molecule has 0 aromatic carbocycles. The Balaban J connectivity index is 1.70. The van der Waals surface area contributed by atoms with Gasteiger partial charge in [-0.1, -0.05) is 13.3 Å². The van der Waals surface area contributed by atoms with Crippen LogP contribution in [0.25, 0.3) is 5.78 Å². The van der Waals surface area contributed by atoms with Gasteiger partial charge in [-0.05, 0) is 25.3 Å². The lowest BCUT2D eigenvalue weighted by atomic mass is 10.2. The monoisotopic (exact) mass is 311 g/mol. The largest absolute Gasteiger partial charge is 0.352 e. The average Bonchev–Trinajstić information content (AvgIpc) is 3.28. The van der Waals surface area contributed by atoms with Crippen LogP contribution in [-0.4, -0.2) is 41.9 Å². The van der Waals surface area contributed by atoms with Gasteiger partial charge in [-0.25, -0.2) is 4.98 Å². The van der Waals surface area contributed by atoms with E-state index in [4.69, 9.17) is 0 Å². The molecule has 7 nitrogen and oxygen atoms in total. The van der Waals surface area contributed by atoms with Gasteiger partial charge in [0.05, 0.1) is 12.6 Å². The Labute approximate surface area is 135 Å². The fourth-order valence-corrected chi connectivity index (χ4v) is 3.38. The summed E-state index contributed by atoms with van der Waals surface area (Å²) >= 11 is 0. The number of anilines is 1. The maximum atomic E-state index is 4.60. The van der Waals surface area contributed by atoms with Gasteiger partial charge in [0.2, 0.25) is 0 Å². The van der Waals surface area contributed by atoms with E-state index in [1.165, 1.54) is 12.8 Å². The zero-order valence-electron chi connectivity index (χ0n) is 13.3. The van der Waals surface area contributed by atoms with Gasteiger partial charge in [0.25, 0.3) is 5.78 Å². The third-order valence-corrected chi connectivity index (χ3v) is 4.42. The second kappa shape index (κ2) is 5.98. The molecule has 4 rings (SSSR count). The topological polar surface area (TPSA) is 64.1 Å². The molecule has 1 aliphatic heterocycles. The lowest BCUT2D eigenvalue weighted by Gasteiger charge is -2.27. The molecule has 1 aliphatic rings. The second-order valence-corrected chi connectivity index (χ2v) is 6.05. The number of hydrogen-bond donors (Lipinski definition) is 0.